The highest BCUT2D eigenvalue weighted by atomic mass is 16.3. The summed E-state index contributed by atoms with van der Waals surface area (Å²) < 4.78 is 0. The van der Waals surface area contributed by atoms with Crippen molar-refractivity contribution >= 4 is 5.91 Å². The van der Waals surface area contributed by atoms with Crippen molar-refractivity contribution in [3.63, 3.8) is 0 Å². The van der Waals surface area contributed by atoms with Crippen LogP contribution in [0, 0.1) is 5.41 Å². The van der Waals surface area contributed by atoms with Crippen LogP contribution >= 0.6 is 0 Å². The van der Waals surface area contributed by atoms with Gasteiger partial charge in [-0.1, -0.05) is 51.1 Å². The number of carbonyl (C=O) groups is 1. The Hall–Kier alpha value is -1.65. The van der Waals surface area contributed by atoms with Gasteiger partial charge < -0.3 is 10.4 Å². The van der Waals surface area contributed by atoms with Crippen LogP contribution < -0.4 is 5.32 Å². The van der Waals surface area contributed by atoms with Crippen molar-refractivity contribution in [3.8, 4) is 0 Å². The molecule has 0 fully saturated rings. The Morgan fingerprint density at radius 3 is 2.74 bits per heavy atom. The summed E-state index contributed by atoms with van der Waals surface area (Å²) in [6.07, 6.45) is 3.89. The Bertz CT molecular complexity index is 561. The highest BCUT2D eigenvalue weighted by Gasteiger charge is 2.18. The van der Waals surface area contributed by atoms with Crippen LogP contribution in [0.4, 0.5) is 0 Å². The third kappa shape index (κ3) is 6.16. The summed E-state index contributed by atoms with van der Waals surface area (Å²) in [6, 6.07) is 8.45. The monoisotopic (exact) mass is 316 g/mol. The van der Waals surface area contributed by atoms with E-state index in [1.807, 2.05) is 26.8 Å². The second-order valence-corrected chi connectivity index (χ2v) is 7.35. The summed E-state index contributed by atoms with van der Waals surface area (Å²) in [6.45, 7) is 8.81. The van der Waals surface area contributed by atoms with Gasteiger partial charge in [0.25, 0.3) is 0 Å². The molecule has 23 heavy (non-hydrogen) atoms. The molecule has 0 saturated carbocycles. The smallest absolute Gasteiger partial charge is 0.243 e. The van der Waals surface area contributed by atoms with Gasteiger partial charge in [0.15, 0.2) is 0 Å². The summed E-state index contributed by atoms with van der Waals surface area (Å²) in [4.78, 5) is 14.0. The molecule has 126 valence electrons. The standard InChI is InChI=1S/C19H28N2O2/c1-19(2,3)10-8-18(23)20-12-17(22)14-21-11-9-15-6-4-5-7-16(15)13-21/h4-8,10,17,22H,9,11-14H2,1-3H3,(H,20,23)/b10-8+. The maximum Gasteiger partial charge on any atom is 0.243 e. The molecular formula is C19H28N2O2. The van der Waals surface area contributed by atoms with Crippen LogP contribution in [0.1, 0.15) is 31.9 Å². The van der Waals surface area contributed by atoms with Gasteiger partial charge >= 0.3 is 0 Å². The third-order valence-electron chi connectivity index (χ3n) is 3.93. The summed E-state index contributed by atoms with van der Waals surface area (Å²) in [5, 5.41) is 12.9. The zero-order chi connectivity index (χ0) is 16.9. The van der Waals surface area contributed by atoms with Crippen molar-refractivity contribution in [2.75, 3.05) is 19.6 Å². The lowest BCUT2D eigenvalue weighted by atomic mass is 9.96. The molecule has 0 bridgehead atoms. The minimum absolute atomic E-state index is 0.0167. The van der Waals surface area contributed by atoms with E-state index in [1.54, 1.807) is 6.08 Å². The molecule has 1 aliphatic heterocycles. The van der Waals surface area contributed by atoms with Gasteiger partial charge in [-0.2, -0.15) is 0 Å². The van der Waals surface area contributed by atoms with Gasteiger partial charge in [-0.05, 0) is 29.0 Å². The molecule has 0 spiro atoms. The number of benzene rings is 1. The third-order valence-corrected chi connectivity index (χ3v) is 3.93. The van der Waals surface area contributed by atoms with E-state index in [0.717, 1.165) is 19.5 Å². The molecule has 0 saturated heterocycles. The number of rotatable bonds is 5. The molecule has 1 aromatic carbocycles. The van der Waals surface area contributed by atoms with Crippen LogP contribution in [-0.2, 0) is 17.8 Å². The average Bonchev–Trinajstić information content (AvgIpc) is 2.50. The molecule has 1 heterocycles. The van der Waals surface area contributed by atoms with Crippen LogP contribution in [0.15, 0.2) is 36.4 Å². The Kier molecular flexibility index (Phi) is 5.97. The lowest BCUT2D eigenvalue weighted by Crippen LogP contribution is -2.41. The van der Waals surface area contributed by atoms with E-state index in [0.29, 0.717) is 6.54 Å². The molecule has 2 rings (SSSR count). The zero-order valence-corrected chi connectivity index (χ0v) is 14.4. The number of nitrogens with zero attached hydrogens (tertiary/aromatic N) is 1. The number of hydrogen-bond donors (Lipinski definition) is 2. The molecule has 1 unspecified atom stereocenters. The molecule has 1 aliphatic rings. The summed E-state index contributed by atoms with van der Waals surface area (Å²) in [7, 11) is 0. The van der Waals surface area contributed by atoms with E-state index in [-0.39, 0.29) is 17.9 Å². The number of carbonyl (C=O) groups excluding carboxylic acids is 1. The maximum atomic E-state index is 11.7. The van der Waals surface area contributed by atoms with Crippen LogP contribution in [0.5, 0.6) is 0 Å². The average molecular weight is 316 g/mol. The van der Waals surface area contributed by atoms with Crippen molar-refractivity contribution in [1.29, 1.82) is 0 Å². The molecule has 4 heteroatoms. The highest BCUT2D eigenvalue weighted by molar-refractivity contribution is 5.87. The number of nitrogens with one attached hydrogen (secondary N) is 1. The normalized spacial score (nSPS) is 17.0. The van der Waals surface area contributed by atoms with Crippen LogP contribution in [0.3, 0.4) is 0 Å². The van der Waals surface area contributed by atoms with E-state index in [2.05, 4.69) is 34.5 Å². The fourth-order valence-electron chi connectivity index (χ4n) is 2.68. The molecule has 2 N–H and O–H groups in total. The van der Waals surface area contributed by atoms with E-state index in [1.165, 1.54) is 11.1 Å². The van der Waals surface area contributed by atoms with Crippen molar-refractivity contribution in [2.45, 2.75) is 39.8 Å². The van der Waals surface area contributed by atoms with Gasteiger partial charge in [-0.3, -0.25) is 9.69 Å². The molecule has 4 nitrogen and oxygen atoms in total. The van der Waals surface area contributed by atoms with Gasteiger partial charge in [0.05, 0.1) is 6.10 Å². The van der Waals surface area contributed by atoms with Crippen molar-refractivity contribution < 1.29 is 9.90 Å². The Balaban J connectivity index is 1.74. The van der Waals surface area contributed by atoms with E-state index in [4.69, 9.17) is 0 Å². The van der Waals surface area contributed by atoms with Gasteiger partial charge in [-0.25, -0.2) is 0 Å². The largest absolute Gasteiger partial charge is 0.390 e. The first-order valence-corrected chi connectivity index (χ1v) is 8.28. The lowest BCUT2D eigenvalue weighted by Gasteiger charge is -2.30. The molecule has 0 radical (unpaired) electrons. The first-order chi connectivity index (χ1) is 10.8. The van der Waals surface area contributed by atoms with Crippen LogP contribution in [0.25, 0.3) is 0 Å². The van der Waals surface area contributed by atoms with Crippen molar-refractivity contribution in [2.24, 2.45) is 5.41 Å². The fourth-order valence-corrected chi connectivity index (χ4v) is 2.68. The summed E-state index contributed by atoms with van der Waals surface area (Å²) in [5.41, 5.74) is 2.72. The lowest BCUT2D eigenvalue weighted by molar-refractivity contribution is -0.117. The highest BCUT2D eigenvalue weighted by Crippen LogP contribution is 2.18. The Morgan fingerprint density at radius 1 is 1.35 bits per heavy atom. The summed E-state index contributed by atoms with van der Waals surface area (Å²) >= 11 is 0. The number of β-amino-alcohol motifs (C(OH)–C–C–N with tert-alkyl or cyclic N) is 1. The minimum Gasteiger partial charge on any atom is -0.390 e. The topological polar surface area (TPSA) is 52.6 Å². The second kappa shape index (κ2) is 7.75. The first-order valence-electron chi connectivity index (χ1n) is 8.28. The summed E-state index contributed by atoms with van der Waals surface area (Å²) in [5.74, 6) is -0.150. The molecule has 1 aromatic rings. The zero-order valence-electron chi connectivity index (χ0n) is 14.4. The number of fused-ring (bicyclic) bond motifs is 1. The maximum absolute atomic E-state index is 11.7. The molecule has 0 aliphatic carbocycles. The number of aliphatic hydroxyl groups excluding tert-OH is 1. The number of hydrogen-bond acceptors (Lipinski definition) is 3. The van der Waals surface area contributed by atoms with Crippen LogP contribution in [-0.4, -0.2) is 41.7 Å². The van der Waals surface area contributed by atoms with Gasteiger partial charge in [-0.15, -0.1) is 0 Å². The Morgan fingerprint density at radius 2 is 2.04 bits per heavy atom. The van der Waals surface area contributed by atoms with E-state index in [9.17, 15) is 9.90 Å². The van der Waals surface area contributed by atoms with Gasteiger partial charge in [0.2, 0.25) is 5.91 Å². The quantitative estimate of drug-likeness (QED) is 0.818. The molecule has 1 atom stereocenters. The predicted octanol–water partition coefficient (Wildman–Crippen LogP) is 2.12. The van der Waals surface area contributed by atoms with Gasteiger partial charge in [0, 0.05) is 26.2 Å². The molecular weight excluding hydrogens is 288 g/mol. The van der Waals surface area contributed by atoms with E-state index >= 15 is 0 Å². The fraction of sp³-hybridized carbons (Fsp3) is 0.526. The molecule has 1 amide bonds. The second-order valence-electron chi connectivity index (χ2n) is 7.35. The number of allylic oxidation sites excluding steroid dienone is 1. The predicted molar refractivity (Wildman–Crippen MR) is 93.0 cm³/mol. The molecule has 0 aromatic heterocycles. The van der Waals surface area contributed by atoms with E-state index < -0.39 is 6.10 Å². The Labute approximate surface area is 139 Å². The first kappa shape index (κ1) is 17.7. The van der Waals surface area contributed by atoms with Crippen molar-refractivity contribution in [3.05, 3.63) is 47.5 Å². The van der Waals surface area contributed by atoms with Gasteiger partial charge in [0.1, 0.15) is 0 Å². The SMILES string of the molecule is CC(C)(C)/C=C/C(=O)NCC(O)CN1CCc2ccccc2C1. The van der Waals surface area contributed by atoms with Crippen molar-refractivity contribution in [1.82, 2.24) is 10.2 Å². The minimum atomic E-state index is -0.549. The number of aliphatic hydroxyl groups is 1. The number of amides is 1. The van der Waals surface area contributed by atoms with Crippen LogP contribution in [0.2, 0.25) is 0 Å².